The van der Waals surface area contributed by atoms with Gasteiger partial charge in [0, 0.05) is 11.9 Å². The van der Waals surface area contributed by atoms with Crippen molar-refractivity contribution in [1.29, 1.82) is 0 Å². The van der Waals surface area contributed by atoms with E-state index in [4.69, 9.17) is 11.6 Å². The number of carbonyl (C=O) groups excluding carboxylic acids is 1. The number of carbonyl (C=O) groups is 1. The molecule has 146 valence electrons. The molecule has 0 bridgehead atoms. The first-order chi connectivity index (χ1) is 13.5. The van der Waals surface area contributed by atoms with E-state index < -0.39 is 0 Å². The SMILES string of the molecule is CCc1cccc(C)c1Nc1nnc(SC(C)C(=O)Nc2cccnc2Cl)s1. The van der Waals surface area contributed by atoms with Gasteiger partial charge in [0.05, 0.1) is 10.9 Å². The molecule has 1 atom stereocenters. The van der Waals surface area contributed by atoms with E-state index in [2.05, 4.69) is 57.9 Å². The van der Waals surface area contributed by atoms with E-state index in [1.165, 1.54) is 28.7 Å². The predicted molar refractivity (Wildman–Crippen MR) is 117 cm³/mol. The lowest BCUT2D eigenvalue weighted by Gasteiger charge is -2.11. The highest BCUT2D eigenvalue weighted by atomic mass is 35.5. The van der Waals surface area contributed by atoms with Crippen molar-refractivity contribution in [3.8, 4) is 0 Å². The highest BCUT2D eigenvalue weighted by Gasteiger charge is 2.19. The van der Waals surface area contributed by atoms with Crippen LogP contribution in [0.1, 0.15) is 25.0 Å². The fourth-order valence-electron chi connectivity index (χ4n) is 2.54. The van der Waals surface area contributed by atoms with E-state index >= 15 is 0 Å². The van der Waals surface area contributed by atoms with Gasteiger partial charge >= 0.3 is 0 Å². The molecule has 6 nitrogen and oxygen atoms in total. The van der Waals surface area contributed by atoms with E-state index in [9.17, 15) is 4.79 Å². The van der Waals surface area contributed by atoms with Crippen LogP contribution in [0.5, 0.6) is 0 Å². The van der Waals surface area contributed by atoms with Crippen molar-refractivity contribution in [2.75, 3.05) is 10.6 Å². The molecule has 3 rings (SSSR count). The molecule has 0 aliphatic carbocycles. The van der Waals surface area contributed by atoms with Gasteiger partial charge in [-0.2, -0.15) is 0 Å². The summed E-state index contributed by atoms with van der Waals surface area (Å²) in [6.45, 7) is 6.00. The summed E-state index contributed by atoms with van der Waals surface area (Å²) in [5, 5.41) is 15.2. The number of aryl methyl sites for hydroxylation is 2. The van der Waals surface area contributed by atoms with Crippen LogP contribution in [0.25, 0.3) is 0 Å². The van der Waals surface area contributed by atoms with Crippen molar-refractivity contribution in [3.05, 3.63) is 52.8 Å². The van der Waals surface area contributed by atoms with Crippen LogP contribution in [-0.2, 0) is 11.2 Å². The Kier molecular flexibility index (Phi) is 6.88. The van der Waals surface area contributed by atoms with Gasteiger partial charge < -0.3 is 10.6 Å². The Morgan fingerprint density at radius 2 is 2.11 bits per heavy atom. The van der Waals surface area contributed by atoms with Crippen LogP contribution in [0.2, 0.25) is 5.15 Å². The third-order valence-corrected chi connectivity index (χ3v) is 6.37. The molecule has 9 heteroatoms. The molecule has 2 aromatic heterocycles. The van der Waals surface area contributed by atoms with E-state index in [1.54, 1.807) is 18.3 Å². The molecule has 0 aliphatic rings. The van der Waals surface area contributed by atoms with Crippen LogP contribution < -0.4 is 10.6 Å². The number of hydrogen-bond donors (Lipinski definition) is 2. The summed E-state index contributed by atoms with van der Waals surface area (Å²) in [4.78, 5) is 16.4. The normalized spacial score (nSPS) is 11.9. The van der Waals surface area contributed by atoms with E-state index in [0.717, 1.165) is 17.7 Å². The van der Waals surface area contributed by atoms with Gasteiger partial charge in [0.15, 0.2) is 9.49 Å². The number of halogens is 1. The number of nitrogens with one attached hydrogen (secondary N) is 2. The summed E-state index contributed by atoms with van der Waals surface area (Å²) in [6.07, 6.45) is 2.50. The number of pyridine rings is 1. The third kappa shape index (κ3) is 5.01. The maximum atomic E-state index is 12.4. The third-order valence-electron chi connectivity index (χ3n) is 4.04. The number of aromatic nitrogens is 3. The minimum atomic E-state index is -0.360. The van der Waals surface area contributed by atoms with Crippen LogP contribution >= 0.6 is 34.7 Å². The first-order valence-corrected chi connectivity index (χ1v) is 10.8. The summed E-state index contributed by atoms with van der Waals surface area (Å²) in [6, 6.07) is 9.65. The lowest BCUT2D eigenvalue weighted by molar-refractivity contribution is -0.115. The van der Waals surface area contributed by atoms with Crippen LogP contribution in [-0.4, -0.2) is 26.3 Å². The molecule has 1 unspecified atom stereocenters. The summed E-state index contributed by atoms with van der Waals surface area (Å²) in [5.41, 5.74) is 3.94. The second-order valence-electron chi connectivity index (χ2n) is 6.05. The zero-order chi connectivity index (χ0) is 20.1. The zero-order valence-electron chi connectivity index (χ0n) is 15.7. The first-order valence-electron chi connectivity index (χ1n) is 8.75. The topological polar surface area (TPSA) is 79.8 Å². The Balaban J connectivity index is 1.64. The van der Waals surface area contributed by atoms with Gasteiger partial charge in [-0.1, -0.05) is 59.8 Å². The Labute approximate surface area is 177 Å². The number of hydrogen-bond acceptors (Lipinski definition) is 7. The van der Waals surface area contributed by atoms with Crippen molar-refractivity contribution >= 4 is 57.1 Å². The largest absolute Gasteiger partial charge is 0.330 e. The van der Waals surface area contributed by atoms with E-state index in [0.29, 0.717) is 15.2 Å². The second-order valence-corrected chi connectivity index (χ2v) is 8.98. The Bertz CT molecular complexity index is 978. The number of rotatable bonds is 7. The molecular formula is C19H20ClN5OS2. The lowest BCUT2D eigenvalue weighted by Crippen LogP contribution is -2.22. The second kappa shape index (κ2) is 9.36. The quantitative estimate of drug-likeness (QED) is 0.387. The molecule has 28 heavy (non-hydrogen) atoms. The summed E-state index contributed by atoms with van der Waals surface area (Å²) < 4.78 is 0.717. The van der Waals surface area contributed by atoms with Gasteiger partial charge in [-0.25, -0.2) is 4.98 Å². The highest BCUT2D eigenvalue weighted by Crippen LogP contribution is 2.33. The maximum absolute atomic E-state index is 12.4. The molecule has 2 N–H and O–H groups in total. The predicted octanol–water partition coefficient (Wildman–Crippen LogP) is 5.32. The molecule has 0 spiro atoms. The van der Waals surface area contributed by atoms with Crippen LogP contribution in [0.4, 0.5) is 16.5 Å². The Morgan fingerprint density at radius 3 is 2.86 bits per heavy atom. The number of benzene rings is 1. The summed E-state index contributed by atoms with van der Waals surface area (Å²) >= 11 is 8.76. The number of thioether (sulfide) groups is 1. The molecule has 0 saturated heterocycles. The van der Waals surface area contributed by atoms with Crippen LogP contribution in [0.3, 0.4) is 0 Å². The average Bonchev–Trinajstić information content (AvgIpc) is 3.12. The van der Waals surface area contributed by atoms with Crippen LogP contribution in [0, 0.1) is 6.92 Å². The van der Waals surface area contributed by atoms with Gasteiger partial charge in [-0.3, -0.25) is 4.79 Å². The Hall–Kier alpha value is -2.16. The molecule has 1 amide bonds. The number of anilines is 3. The maximum Gasteiger partial charge on any atom is 0.237 e. The smallest absolute Gasteiger partial charge is 0.237 e. The standard InChI is InChI=1S/C19H20ClN5OS2/c1-4-13-8-5-7-11(2)15(13)23-18-24-25-19(28-18)27-12(3)17(26)22-14-9-6-10-21-16(14)20/h5-10,12H,4H2,1-3H3,(H,22,26)(H,23,24). The fraction of sp³-hybridized carbons (Fsp3) is 0.263. The average molecular weight is 434 g/mol. The summed E-state index contributed by atoms with van der Waals surface area (Å²) in [5.74, 6) is -0.170. The number of para-hydroxylation sites is 1. The molecule has 0 saturated carbocycles. The van der Waals surface area contributed by atoms with Gasteiger partial charge in [-0.05, 0) is 43.5 Å². The lowest BCUT2D eigenvalue weighted by atomic mass is 10.1. The van der Waals surface area contributed by atoms with Crippen molar-refractivity contribution in [2.24, 2.45) is 0 Å². The van der Waals surface area contributed by atoms with Crippen molar-refractivity contribution in [3.63, 3.8) is 0 Å². The monoisotopic (exact) mass is 433 g/mol. The van der Waals surface area contributed by atoms with E-state index in [1.807, 2.05) is 6.92 Å². The van der Waals surface area contributed by atoms with Gasteiger partial charge in [0.25, 0.3) is 0 Å². The first kappa shape index (κ1) is 20.6. The molecule has 2 heterocycles. The highest BCUT2D eigenvalue weighted by molar-refractivity contribution is 8.02. The molecule has 0 radical (unpaired) electrons. The number of nitrogens with zero attached hydrogens (tertiary/aromatic N) is 3. The fourth-order valence-corrected chi connectivity index (χ4v) is 4.60. The van der Waals surface area contributed by atoms with E-state index in [-0.39, 0.29) is 16.3 Å². The molecule has 1 aromatic carbocycles. The van der Waals surface area contributed by atoms with Gasteiger partial charge in [0.1, 0.15) is 0 Å². The zero-order valence-corrected chi connectivity index (χ0v) is 18.1. The molecular weight excluding hydrogens is 414 g/mol. The Morgan fingerprint density at radius 1 is 1.29 bits per heavy atom. The molecule has 0 fully saturated rings. The van der Waals surface area contributed by atoms with Crippen molar-refractivity contribution in [2.45, 2.75) is 36.8 Å². The molecule has 3 aromatic rings. The van der Waals surface area contributed by atoms with Crippen molar-refractivity contribution < 1.29 is 4.79 Å². The molecule has 0 aliphatic heterocycles. The summed E-state index contributed by atoms with van der Waals surface area (Å²) in [7, 11) is 0. The minimum absolute atomic E-state index is 0.170. The van der Waals surface area contributed by atoms with Gasteiger partial charge in [0.2, 0.25) is 11.0 Å². The number of amides is 1. The van der Waals surface area contributed by atoms with Crippen LogP contribution in [0.15, 0.2) is 40.9 Å². The minimum Gasteiger partial charge on any atom is -0.330 e. The van der Waals surface area contributed by atoms with Crippen molar-refractivity contribution in [1.82, 2.24) is 15.2 Å². The van der Waals surface area contributed by atoms with Gasteiger partial charge in [-0.15, -0.1) is 10.2 Å².